The van der Waals surface area contributed by atoms with Gasteiger partial charge in [0.2, 0.25) is 0 Å². The molecule has 3 aromatic rings. The molecule has 0 heterocycles. The molecule has 3 aromatic carbocycles. The number of benzene rings is 3. The van der Waals surface area contributed by atoms with Gasteiger partial charge in [0.15, 0.2) is 6.61 Å². The lowest BCUT2D eigenvalue weighted by atomic mass is 10.1. The molecule has 0 spiro atoms. The highest BCUT2D eigenvalue weighted by Gasteiger charge is 2.06. The van der Waals surface area contributed by atoms with E-state index in [1.165, 1.54) is 5.69 Å². The molecule has 0 aliphatic heterocycles. The van der Waals surface area contributed by atoms with Crippen molar-refractivity contribution in [1.29, 1.82) is 0 Å². The van der Waals surface area contributed by atoms with Gasteiger partial charge in [-0.3, -0.25) is 4.79 Å². The van der Waals surface area contributed by atoms with E-state index in [2.05, 4.69) is 48.3 Å². The third kappa shape index (κ3) is 4.79. The van der Waals surface area contributed by atoms with Crippen molar-refractivity contribution in [2.75, 3.05) is 24.6 Å². The zero-order chi connectivity index (χ0) is 19.1. The Bertz CT molecular complexity index is 881. The first-order chi connectivity index (χ1) is 13.2. The van der Waals surface area contributed by atoms with E-state index in [0.29, 0.717) is 6.54 Å². The summed E-state index contributed by atoms with van der Waals surface area (Å²) in [5, 5.41) is 5.03. The van der Waals surface area contributed by atoms with Gasteiger partial charge in [-0.05, 0) is 43.0 Å². The average Bonchev–Trinajstić information content (AvgIpc) is 2.72. The molecule has 3 rings (SSSR count). The van der Waals surface area contributed by atoms with Gasteiger partial charge in [0.1, 0.15) is 5.75 Å². The van der Waals surface area contributed by atoms with E-state index in [0.717, 1.165) is 35.2 Å². The Labute approximate surface area is 160 Å². The van der Waals surface area contributed by atoms with Crippen molar-refractivity contribution in [2.24, 2.45) is 0 Å². The van der Waals surface area contributed by atoms with Crippen LogP contribution in [0.3, 0.4) is 0 Å². The normalized spacial score (nSPS) is 10.6. The van der Waals surface area contributed by atoms with Crippen molar-refractivity contribution in [3.05, 3.63) is 72.3 Å². The molecule has 0 aliphatic rings. The number of carbonyl (C=O) groups is 1. The summed E-state index contributed by atoms with van der Waals surface area (Å²) in [5.41, 5.74) is 2.28. The van der Waals surface area contributed by atoms with Gasteiger partial charge in [0.25, 0.3) is 5.91 Å². The zero-order valence-electron chi connectivity index (χ0n) is 15.9. The van der Waals surface area contributed by atoms with Gasteiger partial charge in [-0.1, -0.05) is 48.5 Å². The topological polar surface area (TPSA) is 41.6 Å². The monoisotopic (exact) mass is 362 g/mol. The van der Waals surface area contributed by atoms with E-state index < -0.39 is 0 Å². The lowest BCUT2D eigenvalue weighted by Gasteiger charge is -2.21. The van der Waals surface area contributed by atoms with Gasteiger partial charge in [0, 0.05) is 30.7 Å². The maximum atomic E-state index is 12.1. The molecule has 4 nitrogen and oxygen atoms in total. The fraction of sp³-hybridized carbons (Fsp3) is 0.261. The Morgan fingerprint density at radius 1 is 0.926 bits per heavy atom. The van der Waals surface area contributed by atoms with E-state index in [4.69, 9.17) is 4.74 Å². The third-order valence-electron chi connectivity index (χ3n) is 4.66. The van der Waals surface area contributed by atoms with Gasteiger partial charge in [-0.25, -0.2) is 0 Å². The molecular formula is C23H26N2O2. The van der Waals surface area contributed by atoms with Crippen molar-refractivity contribution in [1.82, 2.24) is 5.32 Å². The number of nitrogens with one attached hydrogen (secondary N) is 1. The molecule has 0 bridgehead atoms. The lowest BCUT2D eigenvalue weighted by molar-refractivity contribution is -0.123. The molecule has 0 fully saturated rings. The van der Waals surface area contributed by atoms with Crippen LogP contribution in [0.15, 0.2) is 66.7 Å². The number of carbonyl (C=O) groups excluding carboxylic acids is 1. The van der Waals surface area contributed by atoms with Gasteiger partial charge in [-0.15, -0.1) is 0 Å². The van der Waals surface area contributed by atoms with E-state index in [1.807, 2.05) is 42.5 Å². The number of rotatable bonds is 8. The molecule has 0 saturated carbocycles. The third-order valence-corrected chi connectivity index (χ3v) is 4.66. The molecular weight excluding hydrogens is 336 g/mol. The first-order valence-electron chi connectivity index (χ1n) is 9.42. The summed E-state index contributed by atoms with van der Waals surface area (Å²) >= 11 is 0. The fourth-order valence-corrected chi connectivity index (χ4v) is 3.13. The largest absolute Gasteiger partial charge is 0.483 e. The Hall–Kier alpha value is -3.01. The summed E-state index contributed by atoms with van der Waals surface area (Å²) in [5.74, 6) is 0.600. The SMILES string of the molecule is CCN(CC)c1ccc(CNC(=O)COc2cccc3ccccc23)cc1. The number of hydrogen-bond donors (Lipinski definition) is 1. The van der Waals surface area contributed by atoms with E-state index >= 15 is 0 Å². The number of ether oxygens (including phenoxy) is 1. The lowest BCUT2D eigenvalue weighted by Crippen LogP contribution is -2.28. The molecule has 0 unspecified atom stereocenters. The van der Waals surface area contributed by atoms with Gasteiger partial charge < -0.3 is 15.0 Å². The Morgan fingerprint density at radius 2 is 1.63 bits per heavy atom. The summed E-state index contributed by atoms with van der Waals surface area (Å²) in [6.07, 6.45) is 0. The molecule has 0 saturated heterocycles. The van der Waals surface area contributed by atoms with E-state index in [-0.39, 0.29) is 12.5 Å². The maximum Gasteiger partial charge on any atom is 0.258 e. The first kappa shape index (κ1) is 18.8. The Morgan fingerprint density at radius 3 is 2.37 bits per heavy atom. The van der Waals surface area contributed by atoms with Crippen molar-refractivity contribution in [3.63, 3.8) is 0 Å². The van der Waals surface area contributed by atoms with Crippen molar-refractivity contribution < 1.29 is 9.53 Å². The number of fused-ring (bicyclic) bond motifs is 1. The van der Waals surface area contributed by atoms with E-state index in [9.17, 15) is 4.79 Å². The summed E-state index contributed by atoms with van der Waals surface area (Å²) in [6.45, 7) is 6.76. The predicted molar refractivity (Wildman–Crippen MR) is 111 cm³/mol. The molecule has 1 N–H and O–H groups in total. The zero-order valence-corrected chi connectivity index (χ0v) is 15.9. The van der Waals surface area contributed by atoms with Crippen LogP contribution in [0.5, 0.6) is 5.75 Å². The van der Waals surface area contributed by atoms with Crippen LogP contribution in [-0.4, -0.2) is 25.6 Å². The minimum absolute atomic E-state index is 0.00549. The van der Waals surface area contributed by atoms with Crippen LogP contribution < -0.4 is 15.0 Å². The quantitative estimate of drug-likeness (QED) is 0.646. The van der Waals surface area contributed by atoms with Gasteiger partial charge in [-0.2, -0.15) is 0 Å². The van der Waals surface area contributed by atoms with Crippen molar-refractivity contribution in [2.45, 2.75) is 20.4 Å². The maximum absolute atomic E-state index is 12.1. The second kappa shape index (κ2) is 9.08. The minimum atomic E-state index is -0.129. The number of amides is 1. The Kier molecular flexibility index (Phi) is 6.31. The predicted octanol–water partition coefficient (Wildman–Crippen LogP) is 4.38. The highest BCUT2D eigenvalue weighted by molar-refractivity contribution is 5.88. The fourth-order valence-electron chi connectivity index (χ4n) is 3.13. The van der Waals surface area contributed by atoms with Crippen LogP contribution in [0.4, 0.5) is 5.69 Å². The van der Waals surface area contributed by atoms with Crippen molar-refractivity contribution in [3.8, 4) is 5.75 Å². The molecule has 0 aromatic heterocycles. The van der Waals surface area contributed by atoms with Crippen LogP contribution in [-0.2, 0) is 11.3 Å². The van der Waals surface area contributed by atoms with Crippen LogP contribution >= 0.6 is 0 Å². The first-order valence-corrected chi connectivity index (χ1v) is 9.42. The van der Waals surface area contributed by atoms with Crippen LogP contribution in [0.25, 0.3) is 10.8 Å². The summed E-state index contributed by atoms with van der Waals surface area (Å²) < 4.78 is 5.73. The molecule has 140 valence electrons. The molecule has 0 atom stereocenters. The van der Waals surface area contributed by atoms with Crippen LogP contribution in [0.1, 0.15) is 19.4 Å². The number of hydrogen-bond acceptors (Lipinski definition) is 3. The summed E-state index contributed by atoms with van der Waals surface area (Å²) in [7, 11) is 0. The van der Waals surface area contributed by atoms with Crippen LogP contribution in [0, 0.1) is 0 Å². The number of nitrogens with zero attached hydrogens (tertiary/aromatic N) is 1. The molecule has 27 heavy (non-hydrogen) atoms. The Balaban J connectivity index is 1.52. The smallest absolute Gasteiger partial charge is 0.258 e. The molecule has 0 aliphatic carbocycles. The van der Waals surface area contributed by atoms with E-state index in [1.54, 1.807) is 0 Å². The molecule has 0 radical (unpaired) electrons. The molecule has 1 amide bonds. The van der Waals surface area contributed by atoms with Gasteiger partial charge >= 0.3 is 0 Å². The summed E-state index contributed by atoms with van der Waals surface area (Å²) in [4.78, 5) is 14.4. The minimum Gasteiger partial charge on any atom is -0.483 e. The van der Waals surface area contributed by atoms with Crippen LogP contribution in [0.2, 0.25) is 0 Å². The number of anilines is 1. The van der Waals surface area contributed by atoms with Crippen molar-refractivity contribution >= 4 is 22.4 Å². The van der Waals surface area contributed by atoms with Gasteiger partial charge in [0.05, 0.1) is 0 Å². The highest BCUT2D eigenvalue weighted by Crippen LogP contribution is 2.25. The second-order valence-corrected chi connectivity index (χ2v) is 6.38. The standard InChI is InChI=1S/C23H26N2O2/c1-3-25(4-2)20-14-12-18(13-15-20)16-24-23(26)17-27-22-11-7-9-19-8-5-6-10-21(19)22/h5-15H,3-4,16-17H2,1-2H3,(H,24,26). The highest BCUT2D eigenvalue weighted by atomic mass is 16.5. The average molecular weight is 362 g/mol. The second-order valence-electron chi connectivity index (χ2n) is 6.38. The molecule has 4 heteroatoms. The summed E-state index contributed by atoms with van der Waals surface area (Å²) in [6, 6.07) is 22.2.